The highest BCUT2D eigenvalue weighted by Gasteiger charge is 2.15. The lowest BCUT2D eigenvalue weighted by Crippen LogP contribution is -2.18. The van der Waals surface area contributed by atoms with Crippen LogP contribution >= 0.6 is 0 Å². The number of carbonyl (C=O) groups is 2. The molecule has 0 aliphatic rings. The van der Waals surface area contributed by atoms with Gasteiger partial charge in [0.1, 0.15) is 6.10 Å². The van der Waals surface area contributed by atoms with Gasteiger partial charge in [-0.1, -0.05) is 134 Å². The van der Waals surface area contributed by atoms with Crippen LogP contribution in [0.15, 0.2) is 36.5 Å². The van der Waals surface area contributed by atoms with E-state index < -0.39 is 5.97 Å². The van der Waals surface area contributed by atoms with E-state index in [4.69, 9.17) is 9.84 Å². The number of aliphatic carboxylic acids is 1. The van der Waals surface area contributed by atoms with Crippen LogP contribution in [-0.4, -0.2) is 23.1 Å². The number of hydrogen-bond acceptors (Lipinski definition) is 3. The van der Waals surface area contributed by atoms with Crippen molar-refractivity contribution in [2.75, 3.05) is 0 Å². The van der Waals surface area contributed by atoms with Crippen molar-refractivity contribution < 1.29 is 19.4 Å². The van der Waals surface area contributed by atoms with Crippen molar-refractivity contribution in [3.8, 4) is 0 Å². The highest BCUT2D eigenvalue weighted by atomic mass is 16.5. The first-order valence-electron chi connectivity index (χ1n) is 17.0. The quantitative estimate of drug-likeness (QED) is 0.0539. The molecule has 0 fully saturated rings. The summed E-state index contributed by atoms with van der Waals surface area (Å²) in [5.74, 6) is -0.882. The molecule has 0 saturated carbocycles. The summed E-state index contributed by atoms with van der Waals surface area (Å²) in [5, 5.41) is 8.97. The highest BCUT2D eigenvalue weighted by Crippen LogP contribution is 2.18. The number of unbranched alkanes of at least 4 members (excludes halogenated alkanes) is 15. The molecule has 4 nitrogen and oxygen atoms in total. The molecule has 0 spiro atoms. The smallest absolute Gasteiger partial charge is 0.306 e. The van der Waals surface area contributed by atoms with Gasteiger partial charge in [-0.05, 0) is 64.2 Å². The zero-order chi connectivity index (χ0) is 29.4. The van der Waals surface area contributed by atoms with E-state index >= 15 is 0 Å². The lowest BCUT2D eigenvalue weighted by molar-refractivity contribution is -0.150. The zero-order valence-corrected chi connectivity index (χ0v) is 26.4. The molecule has 232 valence electrons. The summed E-state index contributed by atoms with van der Waals surface area (Å²) < 4.78 is 5.79. The third-order valence-electron chi connectivity index (χ3n) is 7.38. The second-order valence-electron chi connectivity index (χ2n) is 11.3. The van der Waals surface area contributed by atoms with E-state index in [-0.39, 0.29) is 18.5 Å². The summed E-state index contributed by atoms with van der Waals surface area (Å²) >= 11 is 0. The van der Waals surface area contributed by atoms with Crippen LogP contribution in [0.3, 0.4) is 0 Å². The molecule has 0 saturated heterocycles. The molecule has 0 heterocycles. The van der Waals surface area contributed by atoms with Crippen molar-refractivity contribution in [1.29, 1.82) is 0 Å². The highest BCUT2D eigenvalue weighted by molar-refractivity contribution is 5.69. The molecule has 0 radical (unpaired) electrons. The van der Waals surface area contributed by atoms with E-state index in [0.717, 1.165) is 57.8 Å². The minimum atomic E-state index is -0.775. The molecule has 0 aromatic heterocycles. The standard InChI is InChI=1S/C36H64O4/c1-3-5-7-9-11-13-15-16-17-18-20-22-24-26-28-33-36(39)40-34(31-29-32-35(37)38)30-27-25-23-21-19-14-12-10-8-6-4-2/h5,7,11,13,16-17,34H,3-4,6,8-10,12,14-15,18-33H2,1-2H3,(H,37,38)/b7-5-,13-11-,17-16-. The van der Waals surface area contributed by atoms with Gasteiger partial charge >= 0.3 is 11.9 Å². The zero-order valence-electron chi connectivity index (χ0n) is 26.4. The summed E-state index contributed by atoms with van der Waals surface area (Å²) in [7, 11) is 0. The molecular weight excluding hydrogens is 496 g/mol. The minimum Gasteiger partial charge on any atom is -0.481 e. The monoisotopic (exact) mass is 560 g/mol. The van der Waals surface area contributed by atoms with E-state index in [2.05, 4.69) is 50.3 Å². The molecule has 4 heteroatoms. The van der Waals surface area contributed by atoms with E-state index in [1.165, 1.54) is 77.0 Å². The number of carbonyl (C=O) groups excluding carboxylic acids is 1. The van der Waals surface area contributed by atoms with Gasteiger partial charge in [-0.25, -0.2) is 0 Å². The predicted molar refractivity (Wildman–Crippen MR) is 172 cm³/mol. The van der Waals surface area contributed by atoms with E-state index in [1.807, 2.05) is 0 Å². The fraction of sp³-hybridized carbons (Fsp3) is 0.778. The Morgan fingerprint density at radius 2 is 1.07 bits per heavy atom. The van der Waals surface area contributed by atoms with Gasteiger partial charge in [-0.3, -0.25) is 9.59 Å². The van der Waals surface area contributed by atoms with Gasteiger partial charge in [0.25, 0.3) is 0 Å². The first-order chi connectivity index (χ1) is 19.6. The van der Waals surface area contributed by atoms with Crippen LogP contribution in [0.2, 0.25) is 0 Å². The van der Waals surface area contributed by atoms with Crippen molar-refractivity contribution in [3.63, 3.8) is 0 Å². The van der Waals surface area contributed by atoms with Crippen molar-refractivity contribution in [2.24, 2.45) is 0 Å². The number of esters is 1. The number of hydrogen-bond donors (Lipinski definition) is 1. The maximum Gasteiger partial charge on any atom is 0.306 e. The molecule has 1 N–H and O–H groups in total. The maximum absolute atomic E-state index is 12.4. The van der Waals surface area contributed by atoms with E-state index in [9.17, 15) is 9.59 Å². The first-order valence-corrected chi connectivity index (χ1v) is 17.0. The van der Waals surface area contributed by atoms with Gasteiger partial charge in [0.2, 0.25) is 0 Å². The molecule has 0 aromatic carbocycles. The van der Waals surface area contributed by atoms with Crippen LogP contribution in [0.25, 0.3) is 0 Å². The van der Waals surface area contributed by atoms with Gasteiger partial charge < -0.3 is 9.84 Å². The maximum atomic E-state index is 12.4. The Bertz CT molecular complexity index is 649. The molecule has 0 aromatic rings. The fourth-order valence-electron chi connectivity index (χ4n) is 4.91. The van der Waals surface area contributed by atoms with Crippen LogP contribution in [0, 0.1) is 0 Å². The van der Waals surface area contributed by atoms with E-state index in [0.29, 0.717) is 19.3 Å². The summed E-state index contributed by atoms with van der Waals surface area (Å²) in [6.07, 6.45) is 40.0. The molecule has 0 aliphatic heterocycles. The van der Waals surface area contributed by atoms with Crippen molar-refractivity contribution in [2.45, 2.75) is 180 Å². The molecule has 0 bridgehead atoms. The van der Waals surface area contributed by atoms with Gasteiger partial charge in [0.15, 0.2) is 0 Å². The Kier molecular flexibility index (Phi) is 30.2. The summed E-state index contributed by atoms with van der Waals surface area (Å²) in [6, 6.07) is 0. The molecule has 1 atom stereocenters. The molecule has 0 amide bonds. The molecular formula is C36H64O4. The number of allylic oxidation sites excluding steroid dienone is 6. The third kappa shape index (κ3) is 30.7. The van der Waals surface area contributed by atoms with Gasteiger partial charge in [0, 0.05) is 12.8 Å². The van der Waals surface area contributed by atoms with Crippen molar-refractivity contribution in [3.05, 3.63) is 36.5 Å². The second kappa shape index (κ2) is 31.7. The fourth-order valence-corrected chi connectivity index (χ4v) is 4.91. The molecule has 40 heavy (non-hydrogen) atoms. The SMILES string of the molecule is CC/C=C\C/C=C\C/C=C\CCCCCCCC(=O)OC(CCCCCCCCCCCCC)CCCC(=O)O. The number of ether oxygens (including phenoxy) is 1. The molecule has 0 rings (SSSR count). The average Bonchev–Trinajstić information content (AvgIpc) is 2.93. The topological polar surface area (TPSA) is 63.6 Å². The van der Waals surface area contributed by atoms with Crippen LogP contribution in [0.4, 0.5) is 0 Å². The summed E-state index contributed by atoms with van der Waals surface area (Å²) in [5.41, 5.74) is 0. The Balaban J connectivity index is 3.89. The van der Waals surface area contributed by atoms with E-state index in [1.54, 1.807) is 0 Å². The Hall–Kier alpha value is -1.84. The first kappa shape index (κ1) is 38.2. The van der Waals surface area contributed by atoms with Crippen LogP contribution in [0.1, 0.15) is 174 Å². The third-order valence-corrected chi connectivity index (χ3v) is 7.38. The number of carboxylic acid groups (broad SMARTS) is 1. The van der Waals surface area contributed by atoms with Crippen molar-refractivity contribution >= 4 is 11.9 Å². The lowest BCUT2D eigenvalue weighted by Gasteiger charge is -2.18. The largest absolute Gasteiger partial charge is 0.481 e. The summed E-state index contributed by atoms with van der Waals surface area (Å²) in [4.78, 5) is 23.3. The minimum absolute atomic E-state index is 0.107. The predicted octanol–water partition coefficient (Wildman–Crippen LogP) is 11.4. The number of rotatable bonds is 30. The summed E-state index contributed by atoms with van der Waals surface area (Å²) in [6.45, 7) is 4.41. The average molecular weight is 561 g/mol. The number of carboxylic acids is 1. The Morgan fingerprint density at radius 1 is 0.575 bits per heavy atom. The second-order valence-corrected chi connectivity index (χ2v) is 11.3. The molecule has 0 aliphatic carbocycles. The van der Waals surface area contributed by atoms with Gasteiger partial charge in [0.05, 0.1) is 0 Å². The Morgan fingerprint density at radius 3 is 1.68 bits per heavy atom. The van der Waals surface area contributed by atoms with Crippen LogP contribution in [-0.2, 0) is 14.3 Å². The Labute approximate surface area is 248 Å². The normalized spacial score (nSPS) is 12.7. The molecule has 1 unspecified atom stereocenters. The van der Waals surface area contributed by atoms with Gasteiger partial charge in [-0.2, -0.15) is 0 Å². The van der Waals surface area contributed by atoms with Gasteiger partial charge in [-0.15, -0.1) is 0 Å². The lowest BCUT2D eigenvalue weighted by atomic mass is 10.0. The van der Waals surface area contributed by atoms with Crippen molar-refractivity contribution in [1.82, 2.24) is 0 Å². The van der Waals surface area contributed by atoms with Crippen LogP contribution < -0.4 is 0 Å². The van der Waals surface area contributed by atoms with Crippen LogP contribution in [0.5, 0.6) is 0 Å².